The molecule has 1 N–H and O–H groups in total. The Bertz CT molecular complexity index is 550. The van der Waals surface area contributed by atoms with Gasteiger partial charge in [-0.25, -0.2) is 4.68 Å². The van der Waals surface area contributed by atoms with Crippen LogP contribution in [0.25, 0.3) is 5.69 Å². The van der Waals surface area contributed by atoms with E-state index in [0.717, 1.165) is 34.5 Å². The van der Waals surface area contributed by atoms with Crippen LogP contribution in [0, 0.1) is 6.92 Å². The van der Waals surface area contributed by atoms with Crippen LogP contribution in [0.1, 0.15) is 37.7 Å². The Morgan fingerprint density at radius 2 is 2.21 bits per heavy atom. The van der Waals surface area contributed by atoms with E-state index in [0.29, 0.717) is 0 Å². The van der Waals surface area contributed by atoms with Crippen molar-refractivity contribution < 1.29 is 0 Å². The Labute approximate surface area is 122 Å². The lowest BCUT2D eigenvalue weighted by Gasteiger charge is -2.11. The summed E-state index contributed by atoms with van der Waals surface area (Å²) in [7, 11) is 0. The predicted octanol–water partition coefficient (Wildman–Crippen LogP) is 3.40. The summed E-state index contributed by atoms with van der Waals surface area (Å²) >= 11 is 3.48. The molecule has 0 saturated heterocycles. The second-order valence-corrected chi connectivity index (χ2v) is 5.54. The van der Waals surface area contributed by atoms with E-state index in [4.69, 9.17) is 0 Å². The highest BCUT2D eigenvalue weighted by molar-refractivity contribution is 9.10. The number of rotatable bonds is 5. The van der Waals surface area contributed by atoms with Crippen molar-refractivity contribution in [3.63, 3.8) is 0 Å². The van der Waals surface area contributed by atoms with Gasteiger partial charge in [-0.3, -0.25) is 0 Å². The maximum absolute atomic E-state index is 4.31. The molecule has 0 saturated carbocycles. The van der Waals surface area contributed by atoms with E-state index in [9.17, 15) is 0 Å². The first kappa shape index (κ1) is 14.2. The summed E-state index contributed by atoms with van der Waals surface area (Å²) in [6, 6.07) is 8.29. The quantitative estimate of drug-likeness (QED) is 0.917. The largest absolute Gasteiger partial charge is 0.309 e. The van der Waals surface area contributed by atoms with Gasteiger partial charge < -0.3 is 5.32 Å². The lowest BCUT2D eigenvalue weighted by molar-refractivity contribution is 0.555. The summed E-state index contributed by atoms with van der Waals surface area (Å²) in [5.74, 6) is 0. The Kier molecular flexibility index (Phi) is 4.71. The molecule has 1 aromatic heterocycles. The van der Waals surface area contributed by atoms with Gasteiger partial charge in [0.2, 0.25) is 0 Å². The van der Waals surface area contributed by atoms with Crippen LogP contribution in [0.15, 0.2) is 28.7 Å². The molecule has 102 valence electrons. The van der Waals surface area contributed by atoms with Gasteiger partial charge in [0.1, 0.15) is 5.69 Å². The summed E-state index contributed by atoms with van der Waals surface area (Å²) < 4.78 is 2.92. The van der Waals surface area contributed by atoms with E-state index in [2.05, 4.69) is 52.3 Å². The predicted molar refractivity (Wildman–Crippen MR) is 80.5 cm³/mol. The van der Waals surface area contributed by atoms with Crippen molar-refractivity contribution in [1.29, 1.82) is 0 Å². The van der Waals surface area contributed by atoms with Crippen LogP contribution in [0.5, 0.6) is 0 Å². The molecule has 1 unspecified atom stereocenters. The van der Waals surface area contributed by atoms with Gasteiger partial charge in [0.05, 0.1) is 17.4 Å². The first-order valence-electron chi connectivity index (χ1n) is 6.55. The molecule has 19 heavy (non-hydrogen) atoms. The van der Waals surface area contributed by atoms with Crippen molar-refractivity contribution in [3.05, 3.63) is 40.1 Å². The van der Waals surface area contributed by atoms with Gasteiger partial charge in [0.15, 0.2) is 0 Å². The minimum atomic E-state index is 0.223. The molecular weight excluding hydrogens is 304 g/mol. The molecule has 0 radical (unpaired) electrons. The number of nitrogens with zero attached hydrogens (tertiary/aromatic N) is 3. The molecular formula is C14H19BrN4. The topological polar surface area (TPSA) is 42.7 Å². The zero-order valence-corrected chi connectivity index (χ0v) is 13.1. The van der Waals surface area contributed by atoms with Gasteiger partial charge >= 0.3 is 0 Å². The molecule has 2 rings (SSSR count). The molecule has 0 bridgehead atoms. The monoisotopic (exact) mass is 322 g/mol. The normalized spacial score (nSPS) is 12.6. The molecule has 1 atom stereocenters. The number of hydrogen-bond acceptors (Lipinski definition) is 3. The van der Waals surface area contributed by atoms with Crippen LogP contribution < -0.4 is 5.32 Å². The van der Waals surface area contributed by atoms with E-state index in [-0.39, 0.29) is 6.04 Å². The van der Waals surface area contributed by atoms with E-state index >= 15 is 0 Å². The van der Waals surface area contributed by atoms with Gasteiger partial charge in [-0.05, 0) is 45.0 Å². The summed E-state index contributed by atoms with van der Waals surface area (Å²) in [4.78, 5) is 0. The maximum Gasteiger partial charge on any atom is 0.103 e. The fourth-order valence-electron chi connectivity index (χ4n) is 2.05. The van der Waals surface area contributed by atoms with Crippen LogP contribution in [-0.2, 0) is 0 Å². The summed E-state index contributed by atoms with van der Waals surface area (Å²) in [6.07, 6.45) is 1.11. The van der Waals surface area contributed by atoms with Crippen molar-refractivity contribution in [2.45, 2.75) is 33.2 Å². The molecule has 1 heterocycles. The number of hydrogen-bond donors (Lipinski definition) is 1. The lowest BCUT2D eigenvalue weighted by Crippen LogP contribution is -2.20. The molecule has 0 amide bonds. The van der Waals surface area contributed by atoms with Crippen LogP contribution in [0.2, 0.25) is 0 Å². The summed E-state index contributed by atoms with van der Waals surface area (Å²) in [5.41, 5.74) is 3.11. The van der Waals surface area contributed by atoms with Crippen molar-refractivity contribution >= 4 is 15.9 Å². The Balaban J connectivity index is 2.27. The summed E-state index contributed by atoms with van der Waals surface area (Å²) in [6.45, 7) is 7.33. The number of nitrogens with one attached hydrogen (secondary N) is 1. The highest BCUT2D eigenvalue weighted by Gasteiger charge is 2.15. The molecule has 2 aromatic rings. The standard InChI is InChI=1S/C14H19BrN4/c1-4-8-16-10(2)14-11(3)19(18-17-14)13-7-5-6-12(15)9-13/h5-7,9-10,16H,4,8H2,1-3H3. The minimum absolute atomic E-state index is 0.223. The molecule has 0 aliphatic heterocycles. The highest BCUT2D eigenvalue weighted by Crippen LogP contribution is 2.20. The highest BCUT2D eigenvalue weighted by atomic mass is 79.9. The SMILES string of the molecule is CCCNC(C)c1nnn(-c2cccc(Br)c2)c1C. The molecule has 0 aliphatic carbocycles. The Hall–Kier alpha value is -1.20. The van der Waals surface area contributed by atoms with Crippen molar-refractivity contribution in [2.24, 2.45) is 0 Å². The third-order valence-corrected chi connectivity index (χ3v) is 3.59. The second-order valence-electron chi connectivity index (χ2n) is 4.63. The Morgan fingerprint density at radius 1 is 1.42 bits per heavy atom. The molecule has 5 heteroatoms. The molecule has 0 spiro atoms. The Morgan fingerprint density at radius 3 is 2.89 bits per heavy atom. The maximum atomic E-state index is 4.31. The molecule has 4 nitrogen and oxygen atoms in total. The van der Waals surface area contributed by atoms with Gasteiger partial charge in [-0.2, -0.15) is 0 Å². The number of benzene rings is 1. The third-order valence-electron chi connectivity index (χ3n) is 3.09. The first-order valence-corrected chi connectivity index (χ1v) is 7.34. The molecule has 0 fully saturated rings. The lowest BCUT2D eigenvalue weighted by atomic mass is 10.2. The first-order chi connectivity index (χ1) is 9.13. The average Bonchev–Trinajstić information content (AvgIpc) is 2.78. The van der Waals surface area contributed by atoms with Gasteiger partial charge in [-0.15, -0.1) is 5.10 Å². The van der Waals surface area contributed by atoms with Crippen LogP contribution in [-0.4, -0.2) is 21.5 Å². The van der Waals surface area contributed by atoms with Crippen molar-refractivity contribution in [3.8, 4) is 5.69 Å². The van der Waals surface area contributed by atoms with Gasteiger partial charge in [-0.1, -0.05) is 34.1 Å². The zero-order valence-electron chi connectivity index (χ0n) is 11.5. The van der Waals surface area contributed by atoms with E-state index in [1.54, 1.807) is 0 Å². The van der Waals surface area contributed by atoms with Crippen LogP contribution in [0.4, 0.5) is 0 Å². The summed E-state index contributed by atoms with van der Waals surface area (Å²) in [5, 5.41) is 12.0. The van der Waals surface area contributed by atoms with Crippen molar-refractivity contribution in [2.75, 3.05) is 6.54 Å². The fraction of sp³-hybridized carbons (Fsp3) is 0.429. The number of aromatic nitrogens is 3. The fourth-order valence-corrected chi connectivity index (χ4v) is 2.44. The third kappa shape index (κ3) is 3.22. The van der Waals surface area contributed by atoms with Crippen LogP contribution >= 0.6 is 15.9 Å². The smallest absolute Gasteiger partial charge is 0.103 e. The van der Waals surface area contributed by atoms with E-state index < -0.39 is 0 Å². The van der Waals surface area contributed by atoms with E-state index in [1.807, 2.05) is 28.9 Å². The number of halogens is 1. The van der Waals surface area contributed by atoms with Gasteiger partial charge in [0, 0.05) is 4.47 Å². The molecule has 0 aliphatic rings. The van der Waals surface area contributed by atoms with Crippen molar-refractivity contribution in [1.82, 2.24) is 20.3 Å². The van der Waals surface area contributed by atoms with Gasteiger partial charge in [0.25, 0.3) is 0 Å². The van der Waals surface area contributed by atoms with Crippen LogP contribution in [0.3, 0.4) is 0 Å². The van der Waals surface area contributed by atoms with E-state index in [1.165, 1.54) is 0 Å². The second kappa shape index (κ2) is 6.30. The zero-order chi connectivity index (χ0) is 13.8. The molecule has 1 aromatic carbocycles. The average molecular weight is 323 g/mol. The minimum Gasteiger partial charge on any atom is -0.309 e.